The summed E-state index contributed by atoms with van der Waals surface area (Å²) in [5.41, 5.74) is 4.36. The number of anilines is 1. The van der Waals surface area contributed by atoms with Crippen molar-refractivity contribution in [1.82, 2.24) is 14.8 Å². The lowest BCUT2D eigenvalue weighted by molar-refractivity contribution is -0.116. The van der Waals surface area contributed by atoms with Gasteiger partial charge in [0.1, 0.15) is 5.75 Å². The summed E-state index contributed by atoms with van der Waals surface area (Å²) in [6, 6.07) is 4.64. The molecule has 9 heteroatoms. The summed E-state index contributed by atoms with van der Waals surface area (Å²) in [5.74, 6) is 0.298. The molecule has 3 aromatic rings. The summed E-state index contributed by atoms with van der Waals surface area (Å²) >= 11 is 0. The summed E-state index contributed by atoms with van der Waals surface area (Å²) in [6.07, 6.45) is 0.674. The Kier molecular flexibility index (Phi) is 6.19. The Balaban J connectivity index is 1.78. The molecule has 0 bridgehead atoms. The largest absolute Gasteiger partial charge is 0.479 e. The lowest BCUT2D eigenvalue weighted by Crippen LogP contribution is -2.15. The number of carbonyl (C=O) groups excluding carboxylic acids is 1. The highest BCUT2D eigenvalue weighted by molar-refractivity contribution is 5.92. The minimum absolute atomic E-state index is 0.0350. The molecule has 0 unspecified atom stereocenters. The minimum atomic E-state index is -2.92. The molecule has 0 saturated heterocycles. The van der Waals surface area contributed by atoms with Crippen molar-refractivity contribution in [2.45, 2.75) is 40.2 Å². The number of aromatic nitrogens is 3. The zero-order valence-corrected chi connectivity index (χ0v) is 17.5. The van der Waals surface area contributed by atoms with Gasteiger partial charge in [0.15, 0.2) is 5.65 Å². The summed E-state index contributed by atoms with van der Waals surface area (Å²) < 4.78 is 36.5. The molecule has 0 aliphatic carbocycles. The first-order valence-electron chi connectivity index (χ1n) is 9.44. The standard InChI is InChI=1S/C21H24F2N4O3/c1-11-14(13(3)24-19-18(11)20(29-5)26-27(19)4)9-10-17(28)25-15-7-6-8-16(12(15)2)30-21(22)23/h6-8,21H,9-10H2,1-5H3,(H,25,28). The lowest BCUT2D eigenvalue weighted by Gasteiger charge is -2.14. The van der Waals surface area contributed by atoms with E-state index >= 15 is 0 Å². The van der Waals surface area contributed by atoms with Crippen LogP contribution < -0.4 is 14.8 Å². The number of hydrogen-bond donors (Lipinski definition) is 1. The normalized spacial score (nSPS) is 11.2. The van der Waals surface area contributed by atoms with E-state index in [4.69, 9.17) is 4.74 Å². The van der Waals surface area contributed by atoms with E-state index in [0.717, 1.165) is 27.9 Å². The second-order valence-electron chi connectivity index (χ2n) is 6.99. The lowest BCUT2D eigenvalue weighted by atomic mass is 10.00. The quantitative estimate of drug-likeness (QED) is 0.626. The first kappa shape index (κ1) is 21.5. The first-order chi connectivity index (χ1) is 14.2. The maximum atomic E-state index is 12.5. The molecule has 30 heavy (non-hydrogen) atoms. The SMILES string of the molecule is COc1nn(C)c2nc(C)c(CCC(=O)Nc3cccc(OC(F)F)c3C)c(C)c12. The molecule has 0 atom stereocenters. The summed E-state index contributed by atoms with van der Waals surface area (Å²) in [7, 11) is 3.36. The van der Waals surface area contributed by atoms with Gasteiger partial charge in [0.25, 0.3) is 0 Å². The van der Waals surface area contributed by atoms with Crippen LogP contribution in [0.3, 0.4) is 0 Å². The molecule has 7 nitrogen and oxygen atoms in total. The molecule has 0 radical (unpaired) electrons. The van der Waals surface area contributed by atoms with Crippen LogP contribution in [-0.4, -0.2) is 34.4 Å². The van der Waals surface area contributed by atoms with Gasteiger partial charge < -0.3 is 14.8 Å². The number of hydrogen-bond acceptors (Lipinski definition) is 5. The van der Waals surface area contributed by atoms with E-state index in [1.54, 1.807) is 37.9 Å². The monoisotopic (exact) mass is 418 g/mol. The number of nitrogens with one attached hydrogen (secondary N) is 1. The van der Waals surface area contributed by atoms with Crippen LogP contribution in [0.4, 0.5) is 14.5 Å². The molecular formula is C21H24F2N4O3. The van der Waals surface area contributed by atoms with E-state index in [1.807, 2.05) is 13.8 Å². The number of pyridine rings is 1. The van der Waals surface area contributed by atoms with Crippen LogP contribution in [0.15, 0.2) is 18.2 Å². The molecule has 160 valence electrons. The molecule has 2 aromatic heterocycles. The number of methoxy groups -OCH3 is 1. The molecule has 0 spiro atoms. The number of aryl methyl sites for hydroxylation is 3. The van der Waals surface area contributed by atoms with Crippen LogP contribution in [0.1, 0.15) is 28.8 Å². The molecule has 0 aliphatic heterocycles. The third-order valence-corrected chi connectivity index (χ3v) is 5.09. The predicted molar refractivity (Wildman–Crippen MR) is 109 cm³/mol. The van der Waals surface area contributed by atoms with Crippen LogP contribution in [0.2, 0.25) is 0 Å². The highest BCUT2D eigenvalue weighted by Crippen LogP contribution is 2.31. The van der Waals surface area contributed by atoms with Crippen LogP contribution in [0, 0.1) is 20.8 Å². The topological polar surface area (TPSA) is 78.3 Å². The van der Waals surface area contributed by atoms with Gasteiger partial charge in [0.2, 0.25) is 11.8 Å². The van der Waals surface area contributed by atoms with Crippen molar-refractivity contribution in [1.29, 1.82) is 0 Å². The van der Waals surface area contributed by atoms with Gasteiger partial charge in [-0.2, -0.15) is 8.78 Å². The maximum absolute atomic E-state index is 12.5. The van der Waals surface area contributed by atoms with E-state index in [9.17, 15) is 13.6 Å². The fraction of sp³-hybridized carbons (Fsp3) is 0.381. The van der Waals surface area contributed by atoms with Crippen LogP contribution in [-0.2, 0) is 18.3 Å². The summed E-state index contributed by atoms with van der Waals surface area (Å²) in [5, 5.41) is 7.93. The third kappa shape index (κ3) is 4.19. The van der Waals surface area contributed by atoms with E-state index in [-0.39, 0.29) is 18.1 Å². The average Bonchev–Trinajstić information content (AvgIpc) is 3.00. The number of ether oxygens (including phenoxy) is 2. The number of alkyl halides is 2. The number of fused-ring (bicyclic) bond motifs is 1. The van der Waals surface area contributed by atoms with E-state index < -0.39 is 6.61 Å². The fourth-order valence-corrected chi connectivity index (χ4v) is 3.53. The number of rotatable bonds is 7. The van der Waals surface area contributed by atoms with Gasteiger partial charge >= 0.3 is 6.61 Å². The smallest absolute Gasteiger partial charge is 0.387 e. The minimum Gasteiger partial charge on any atom is -0.479 e. The second kappa shape index (κ2) is 8.64. The molecule has 1 aromatic carbocycles. The van der Waals surface area contributed by atoms with Crippen LogP contribution in [0.5, 0.6) is 11.6 Å². The number of amides is 1. The van der Waals surface area contributed by atoms with Crippen molar-refractivity contribution in [3.05, 3.63) is 40.6 Å². The number of nitrogens with zero attached hydrogens (tertiary/aromatic N) is 3. The molecule has 1 amide bonds. The highest BCUT2D eigenvalue weighted by Gasteiger charge is 2.19. The molecule has 0 aliphatic rings. The van der Waals surface area contributed by atoms with Gasteiger partial charge in [-0.25, -0.2) is 9.67 Å². The molecule has 0 fully saturated rings. The molecule has 2 heterocycles. The zero-order chi connectivity index (χ0) is 22.0. The van der Waals surface area contributed by atoms with Gasteiger partial charge in [0, 0.05) is 30.4 Å². The predicted octanol–water partition coefficient (Wildman–Crippen LogP) is 4.07. The van der Waals surface area contributed by atoms with E-state index in [1.165, 1.54) is 6.07 Å². The Hall–Kier alpha value is -3.23. The highest BCUT2D eigenvalue weighted by atomic mass is 19.3. The second-order valence-corrected chi connectivity index (χ2v) is 6.99. The first-order valence-corrected chi connectivity index (χ1v) is 9.44. The van der Waals surface area contributed by atoms with Crippen molar-refractivity contribution < 1.29 is 23.0 Å². The van der Waals surface area contributed by atoms with Crippen molar-refractivity contribution in [3.63, 3.8) is 0 Å². The molecule has 1 N–H and O–H groups in total. The van der Waals surface area contributed by atoms with Gasteiger partial charge in [-0.3, -0.25) is 4.79 Å². The summed E-state index contributed by atoms with van der Waals surface area (Å²) in [4.78, 5) is 17.1. The Labute approximate surface area is 173 Å². The van der Waals surface area contributed by atoms with Crippen molar-refractivity contribution in [3.8, 4) is 11.6 Å². The molecule has 0 saturated carbocycles. The molecular weight excluding hydrogens is 394 g/mol. The number of halogens is 2. The van der Waals surface area contributed by atoms with E-state index in [2.05, 4.69) is 20.1 Å². The Morgan fingerprint density at radius 2 is 1.97 bits per heavy atom. The Morgan fingerprint density at radius 1 is 1.23 bits per heavy atom. The Morgan fingerprint density at radius 3 is 2.63 bits per heavy atom. The fourth-order valence-electron chi connectivity index (χ4n) is 3.53. The van der Waals surface area contributed by atoms with Gasteiger partial charge in [0.05, 0.1) is 12.5 Å². The molecule has 3 rings (SSSR count). The van der Waals surface area contributed by atoms with Gasteiger partial charge in [-0.1, -0.05) is 6.07 Å². The van der Waals surface area contributed by atoms with Crippen molar-refractivity contribution in [2.75, 3.05) is 12.4 Å². The number of benzene rings is 1. The summed E-state index contributed by atoms with van der Waals surface area (Å²) in [6.45, 7) is 2.55. The van der Waals surface area contributed by atoms with Crippen LogP contribution >= 0.6 is 0 Å². The maximum Gasteiger partial charge on any atom is 0.387 e. The van der Waals surface area contributed by atoms with Crippen molar-refractivity contribution in [2.24, 2.45) is 7.05 Å². The van der Waals surface area contributed by atoms with Gasteiger partial charge in [-0.15, -0.1) is 5.10 Å². The average molecular weight is 418 g/mol. The van der Waals surface area contributed by atoms with Crippen molar-refractivity contribution >= 4 is 22.6 Å². The van der Waals surface area contributed by atoms with Gasteiger partial charge in [-0.05, 0) is 50.5 Å². The number of carbonyl (C=O) groups is 1. The van der Waals surface area contributed by atoms with Crippen LogP contribution in [0.25, 0.3) is 11.0 Å². The van der Waals surface area contributed by atoms with E-state index in [0.29, 0.717) is 23.6 Å². The third-order valence-electron chi connectivity index (χ3n) is 5.09. The Bertz CT molecular complexity index is 1100. The zero-order valence-electron chi connectivity index (χ0n) is 17.5.